The summed E-state index contributed by atoms with van der Waals surface area (Å²) in [5.41, 5.74) is 0.831. The third-order valence-corrected chi connectivity index (χ3v) is 8.11. The van der Waals surface area contributed by atoms with Crippen molar-refractivity contribution in [2.45, 2.75) is 44.3 Å². The van der Waals surface area contributed by atoms with Crippen LogP contribution in [-0.4, -0.2) is 8.07 Å². The van der Waals surface area contributed by atoms with Crippen LogP contribution in [0.25, 0.3) is 0 Å². The summed E-state index contributed by atoms with van der Waals surface area (Å²) in [6.45, 7) is 5.03. The van der Waals surface area contributed by atoms with Gasteiger partial charge in [0.2, 0.25) is 0 Å². The second kappa shape index (κ2) is 5.01. The molecule has 16 heavy (non-hydrogen) atoms. The third-order valence-electron chi connectivity index (χ3n) is 3.95. The van der Waals surface area contributed by atoms with Crippen molar-refractivity contribution in [3.63, 3.8) is 0 Å². The molecule has 0 saturated carbocycles. The highest BCUT2D eigenvalue weighted by molar-refractivity contribution is 6.91. The molecule has 0 nitrogen and oxygen atoms in total. The first-order valence-electron chi connectivity index (χ1n) is 6.43. The fraction of sp³-hybridized carbons (Fsp3) is 0.467. The van der Waals surface area contributed by atoms with Crippen molar-refractivity contribution in [3.05, 3.63) is 42.5 Å². The van der Waals surface area contributed by atoms with Gasteiger partial charge in [-0.2, -0.15) is 0 Å². The van der Waals surface area contributed by atoms with Gasteiger partial charge in [0.05, 0.1) is 8.07 Å². The lowest BCUT2D eigenvalue weighted by atomic mass is 10.2. The number of hydrogen-bond acceptors (Lipinski definition) is 0. The van der Waals surface area contributed by atoms with Gasteiger partial charge >= 0.3 is 0 Å². The molecular formula is C15H22Si. The van der Waals surface area contributed by atoms with Crippen LogP contribution >= 0.6 is 0 Å². The highest BCUT2D eigenvalue weighted by Crippen LogP contribution is 2.31. The summed E-state index contributed by atoms with van der Waals surface area (Å²) in [5.74, 6) is 0. The van der Waals surface area contributed by atoms with Gasteiger partial charge in [-0.15, -0.1) is 0 Å². The molecule has 0 aliphatic heterocycles. The quantitative estimate of drug-likeness (QED) is 0.530. The molecule has 0 heterocycles. The normalized spacial score (nSPS) is 21.8. The average molecular weight is 230 g/mol. The van der Waals surface area contributed by atoms with Crippen molar-refractivity contribution in [1.29, 1.82) is 0 Å². The van der Waals surface area contributed by atoms with Crippen LogP contribution in [0.2, 0.25) is 18.6 Å². The van der Waals surface area contributed by atoms with Crippen molar-refractivity contribution >= 4 is 13.3 Å². The molecule has 0 radical (unpaired) electrons. The molecule has 1 aliphatic carbocycles. The lowest BCUT2D eigenvalue weighted by molar-refractivity contribution is 0.708. The summed E-state index contributed by atoms with van der Waals surface area (Å²) in [7, 11) is -1.30. The zero-order valence-electron chi connectivity index (χ0n) is 10.4. The molecule has 1 aliphatic rings. The predicted molar refractivity (Wildman–Crippen MR) is 74.9 cm³/mol. The minimum Gasteiger partial charge on any atom is -0.0885 e. The number of benzene rings is 1. The summed E-state index contributed by atoms with van der Waals surface area (Å²) in [4.78, 5) is 0. The van der Waals surface area contributed by atoms with Gasteiger partial charge in [-0.3, -0.25) is 0 Å². The van der Waals surface area contributed by atoms with Crippen molar-refractivity contribution in [2.24, 2.45) is 0 Å². The highest BCUT2D eigenvalue weighted by Gasteiger charge is 2.31. The maximum absolute atomic E-state index is 2.52. The molecule has 1 unspecified atom stereocenters. The van der Waals surface area contributed by atoms with E-state index in [-0.39, 0.29) is 0 Å². The molecule has 1 heteroatoms. The summed E-state index contributed by atoms with van der Waals surface area (Å²) in [5, 5.41) is 1.60. The number of rotatable bonds is 2. The molecule has 2 rings (SSSR count). The van der Waals surface area contributed by atoms with Crippen LogP contribution in [0.1, 0.15) is 25.7 Å². The van der Waals surface area contributed by atoms with Gasteiger partial charge in [0.1, 0.15) is 0 Å². The molecule has 0 aromatic heterocycles. The van der Waals surface area contributed by atoms with E-state index >= 15 is 0 Å². The largest absolute Gasteiger partial charge is 0.0885 e. The molecule has 1 aromatic rings. The van der Waals surface area contributed by atoms with Crippen molar-refractivity contribution in [1.82, 2.24) is 0 Å². The molecule has 1 aromatic carbocycles. The Kier molecular flexibility index (Phi) is 3.65. The van der Waals surface area contributed by atoms with E-state index in [1.807, 2.05) is 0 Å². The first-order valence-corrected chi connectivity index (χ1v) is 9.51. The monoisotopic (exact) mass is 230 g/mol. The third kappa shape index (κ3) is 2.46. The minimum atomic E-state index is -1.30. The lowest BCUT2D eigenvalue weighted by Crippen LogP contribution is -2.45. The Bertz CT molecular complexity index is 351. The zero-order chi connectivity index (χ0) is 11.4. The van der Waals surface area contributed by atoms with Crippen LogP contribution in [0.15, 0.2) is 42.5 Å². The summed E-state index contributed by atoms with van der Waals surface area (Å²) >= 11 is 0. The Hall–Kier alpha value is -0.823. The van der Waals surface area contributed by atoms with Gasteiger partial charge in [-0.1, -0.05) is 67.2 Å². The van der Waals surface area contributed by atoms with E-state index in [1.54, 1.807) is 5.19 Å². The maximum Gasteiger partial charge on any atom is 0.0873 e. The second-order valence-electron chi connectivity index (χ2n) is 5.41. The van der Waals surface area contributed by atoms with Crippen LogP contribution in [0.5, 0.6) is 0 Å². The van der Waals surface area contributed by atoms with E-state index in [4.69, 9.17) is 0 Å². The van der Waals surface area contributed by atoms with Gasteiger partial charge in [0.25, 0.3) is 0 Å². The van der Waals surface area contributed by atoms with Crippen molar-refractivity contribution < 1.29 is 0 Å². The Morgan fingerprint density at radius 1 is 1.06 bits per heavy atom. The Labute approximate surface area is 100 Å². The molecule has 86 valence electrons. The molecule has 1 atom stereocenters. The molecule has 0 N–H and O–H groups in total. The second-order valence-corrected chi connectivity index (χ2v) is 10.2. The van der Waals surface area contributed by atoms with Crippen LogP contribution < -0.4 is 5.19 Å². The smallest absolute Gasteiger partial charge is 0.0873 e. The van der Waals surface area contributed by atoms with Crippen LogP contribution in [0, 0.1) is 0 Å². The molecule has 0 bridgehead atoms. The molecule has 0 fully saturated rings. The average Bonchev–Trinajstić information content (AvgIpc) is 2.59. The van der Waals surface area contributed by atoms with E-state index in [1.165, 1.54) is 25.7 Å². The zero-order valence-corrected chi connectivity index (χ0v) is 11.4. The maximum atomic E-state index is 2.52. The van der Waals surface area contributed by atoms with Gasteiger partial charge in [-0.25, -0.2) is 0 Å². The van der Waals surface area contributed by atoms with Crippen molar-refractivity contribution in [2.75, 3.05) is 0 Å². The van der Waals surface area contributed by atoms with Gasteiger partial charge < -0.3 is 0 Å². The lowest BCUT2D eigenvalue weighted by Gasteiger charge is -2.30. The van der Waals surface area contributed by atoms with E-state index < -0.39 is 8.07 Å². The SMILES string of the molecule is C[Si](C)(c1ccccc1)C1C=CCCCC1. The van der Waals surface area contributed by atoms with Crippen LogP contribution in [0.3, 0.4) is 0 Å². The van der Waals surface area contributed by atoms with E-state index in [9.17, 15) is 0 Å². The number of hydrogen-bond donors (Lipinski definition) is 0. The van der Waals surface area contributed by atoms with E-state index in [0.29, 0.717) is 0 Å². The first-order chi connectivity index (χ1) is 7.71. The predicted octanol–water partition coefficient (Wildman–Crippen LogP) is 4.10. The van der Waals surface area contributed by atoms with Crippen LogP contribution in [-0.2, 0) is 0 Å². The van der Waals surface area contributed by atoms with E-state index in [2.05, 4.69) is 55.6 Å². The molecular weight excluding hydrogens is 208 g/mol. The van der Waals surface area contributed by atoms with Crippen LogP contribution in [0.4, 0.5) is 0 Å². The minimum absolute atomic E-state index is 0.831. The highest BCUT2D eigenvalue weighted by atomic mass is 28.3. The Morgan fingerprint density at radius 3 is 2.56 bits per heavy atom. The van der Waals surface area contributed by atoms with Gasteiger partial charge in [0, 0.05) is 0 Å². The van der Waals surface area contributed by atoms with E-state index in [0.717, 1.165) is 5.54 Å². The number of allylic oxidation sites excluding steroid dienone is 2. The first kappa shape index (κ1) is 11.7. The fourth-order valence-electron chi connectivity index (χ4n) is 2.67. The standard InChI is InChI=1S/C15H22Si/c1-16(2,15-12-8-5-9-13-15)14-10-6-3-4-7-11-14/h5-6,8-10,12-14H,3-4,7,11H2,1-2H3. The van der Waals surface area contributed by atoms with Crippen molar-refractivity contribution in [3.8, 4) is 0 Å². The molecule has 0 amide bonds. The van der Waals surface area contributed by atoms with Gasteiger partial charge in [-0.05, 0) is 24.8 Å². The Balaban J connectivity index is 2.23. The van der Waals surface area contributed by atoms with Gasteiger partial charge in [0.15, 0.2) is 0 Å². The summed E-state index contributed by atoms with van der Waals surface area (Å²) < 4.78 is 0. The topological polar surface area (TPSA) is 0 Å². The Morgan fingerprint density at radius 2 is 1.81 bits per heavy atom. The molecule has 0 saturated heterocycles. The summed E-state index contributed by atoms with van der Waals surface area (Å²) in [6.07, 6.45) is 10.4. The molecule has 0 spiro atoms. The fourth-order valence-corrected chi connectivity index (χ4v) is 5.69. The summed E-state index contributed by atoms with van der Waals surface area (Å²) in [6, 6.07) is 11.1.